The molecule has 0 spiro atoms. The molecule has 1 amide bonds. The van der Waals surface area contributed by atoms with Crippen LogP contribution in [0.2, 0.25) is 0 Å². The van der Waals surface area contributed by atoms with Gasteiger partial charge >= 0.3 is 0 Å². The standard InChI is InChI=1S/C15H15FN4O2/c1-22-13-4-2-3-11(16)9(13)6-19-15(21)14-10-5-17-8-20-12(10)7-18-14/h2-5,8,14,18H,6-7H2,1H3,(H,19,21). The molecule has 2 N–H and O–H groups in total. The smallest absolute Gasteiger partial charge is 0.242 e. The third-order valence-corrected chi connectivity index (χ3v) is 3.61. The fourth-order valence-electron chi connectivity index (χ4n) is 2.48. The molecule has 0 aliphatic carbocycles. The minimum atomic E-state index is -0.519. The molecule has 2 aromatic rings. The number of ether oxygens (including phenoxy) is 1. The second-order valence-corrected chi connectivity index (χ2v) is 4.88. The van der Waals surface area contributed by atoms with Crippen molar-refractivity contribution in [3.05, 3.63) is 53.4 Å². The minimum Gasteiger partial charge on any atom is -0.496 e. The van der Waals surface area contributed by atoms with Crippen LogP contribution in [0.3, 0.4) is 0 Å². The summed E-state index contributed by atoms with van der Waals surface area (Å²) in [6, 6.07) is 4.03. The molecule has 0 radical (unpaired) electrons. The molecule has 1 unspecified atom stereocenters. The van der Waals surface area contributed by atoms with Gasteiger partial charge in [0, 0.05) is 30.4 Å². The lowest BCUT2D eigenvalue weighted by Gasteiger charge is -2.14. The Balaban J connectivity index is 1.72. The summed E-state index contributed by atoms with van der Waals surface area (Å²) in [4.78, 5) is 20.4. The highest BCUT2D eigenvalue weighted by Gasteiger charge is 2.29. The van der Waals surface area contributed by atoms with E-state index in [1.807, 2.05) is 0 Å². The van der Waals surface area contributed by atoms with E-state index in [4.69, 9.17) is 4.74 Å². The quantitative estimate of drug-likeness (QED) is 0.884. The van der Waals surface area contributed by atoms with E-state index in [1.54, 1.807) is 18.3 Å². The summed E-state index contributed by atoms with van der Waals surface area (Å²) in [6.45, 7) is 0.564. The number of methoxy groups -OCH3 is 1. The van der Waals surface area contributed by atoms with E-state index in [9.17, 15) is 9.18 Å². The van der Waals surface area contributed by atoms with Crippen LogP contribution in [0.4, 0.5) is 4.39 Å². The number of rotatable bonds is 4. The Kier molecular flexibility index (Phi) is 3.97. The van der Waals surface area contributed by atoms with Crippen molar-refractivity contribution < 1.29 is 13.9 Å². The topological polar surface area (TPSA) is 76.1 Å². The number of hydrogen-bond acceptors (Lipinski definition) is 5. The van der Waals surface area contributed by atoms with Gasteiger partial charge in [-0.1, -0.05) is 6.07 Å². The van der Waals surface area contributed by atoms with E-state index >= 15 is 0 Å². The van der Waals surface area contributed by atoms with Crippen molar-refractivity contribution >= 4 is 5.91 Å². The summed E-state index contributed by atoms with van der Waals surface area (Å²) in [5.74, 6) is -0.259. The van der Waals surface area contributed by atoms with E-state index in [2.05, 4.69) is 20.6 Å². The second kappa shape index (κ2) is 6.07. The van der Waals surface area contributed by atoms with Crippen LogP contribution in [0.5, 0.6) is 5.75 Å². The molecule has 0 bridgehead atoms. The number of carbonyl (C=O) groups is 1. The number of nitrogens with one attached hydrogen (secondary N) is 2. The Morgan fingerprint density at radius 3 is 3.23 bits per heavy atom. The summed E-state index contributed by atoms with van der Waals surface area (Å²) < 4.78 is 19.0. The molecule has 2 heterocycles. The van der Waals surface area contributed by atoms with Crippen LogP contribution >= 0.6 is 0 Å². The number of carbonyl (C=O) groups excluding carboxylic acids is 1. The molecule has 7 heteroatoms. The fraction of sp³-hybridized carbons (Fsp3) is 0.267. The first-order valence-corrected chi connectivity index (χ1v) is 6.82. The molecule has 1 aliphatic heterocycles. The molecule has 1 aromatic heterocycles. The average Bonchev–Trinajstić information content (AvgIpc) is 2.97. The van der Waals surface area contributed by atoms with Gasteiger partial charge in [0.1, 0.15) is 23.9 Å². The van der Waals surface area contributed by atoms with Gasteiger partial charge in [-0.3, -0.25) is 10.1 Å². The zero-order valence-electron chi connectivity index (χ0n) is 12.0. The molecule has 1 atom stereocenters. The maximum absolute atomic E-state index is 13.8. The predicted molar refractivity (Wildman–Crippen MR) is 76.4 cm³/mol. The number of fused-ring (bicyclic) bond motifs is 1. The Morgan fingerprint density at radius 2 is 2.41 bits per heavy atom. The van der Waals surface area contributed by atoms with E-state index in [-0.39, 0.29) is 12.5 Å². The van der Waals surface area contributed by atoms with Gasteiger partial charge in [-0.15, -0.1) is 0 Å². The van der Waals surface area contributed by atoms with Crippen molar-refractivity contribution in [1.29, 1.82) is 0 Å². The summed E-state index contributed by atoms with van der Waals surface area (Å²) in [5, 5.41) is 5.78. The Labute approximate surface area is 126 Å². The van der Waals surface area contributed by atoms with Gasteiger partial charge in [0.25, 0.3) is 0 Å². The van der Waals surface area contributed by atoms with Crippen LogP contribution < -0.4 is 15.4 Å². The average molecular weight is 302 g/mol. The van der Waals surface area contributed by atoms with Gasteiger partial charge in [0.15, 0.2) is 0 Å². The number of aromatic nitrogens is 2. The molecular formula is C15H15FN4O2. The Bertz CT molecular complexity index is 708. The lowest BCUT2D eigenvalue weighted by molar-refractivity contribution is -0.123. The van der Waals surface area contributed by atoms with Crippen LogP contribution in [0, 0.1) is 5.82 Å². The Morgan fingerprint density at radius 1 is 1.55 bits per heavy atom. The maximum Gasteiger partial charge on any atom is 0.242 e. The van der Waals surface area contributed by atoms with Gasteiger partial charge in [0.2, 0.25) is 5.91 Å². The zero-order valence-corrected chi connectivity index (χ0v) is 12.0. The SMILES string of the molecule is COc1cccc(F)c1CNC(=O)C1NCc2ncncc21. The summed E-state index contributed by atoms with van der Waals surface area (Å²) in [7, 11) is 1.46. The molecule has 0 saturated heterocycles. The van der Waals surface area contributed by atoms with Gasteiger partial charge in [-0.05, 0) is 12.1 Å². The van der Waals surface area contributed by atoms with Crippen molar-refractivity contribution in [3.63, 3.8) is 0 Å². The highest BCUT2D eigenvalue weighted by molar-refractivity contribution is 5.84. The maximum atomic E-state index is 13.8. The molecule has 22 heavy (non-hydrogen) atoms. The first kappa shape index (κ1) is 14.4. The van der Waals surface area contributed by atoms with Gasteiger partial charge in [0.05, 0.1) is 12.8 Å². The third-order valence-electron chi connectivity index (χ3n) is 3.61. The van der Waals surface area contributed by atoms with Crippen molar-refractivity contribution in [2.24, 2.45) is 0 Å². The van der Waals surface area contributed by atoms with Crippen LogP contribution in [-0.2, 0) is 17.9 Å². The highest BCUT2D eigenvalue weighted by atomic mass is 19.1. The summed E-state index contributed by atoms with van der Waals surface area (Å²) >= 11 is 0. The lowest BCUT2D eigenvalue weighted by atomic mass is 10.1. The summed E-state index contributed by atoms with van der Waals surface area (Å²) in [5.41, 5.74) is 1.88. The number of hydrogen-bond donors (Lipinski definition) is 2. The van der Waals surface area contributed by atoms with Crippen LogP contribution in [-0.4, -0.2) is 23.0 Å². The van der Waals surface area contributed by atoms with E-state index in [0.29, 0.717) is 17.9 Å². The van der Waals surface area contributed by atoms with Crippen molar-refractivity contribution in [1.82, 2.24) is 20.6 Å². The van der Waals surface area contributed by atoms with Crippen LogP contribution in [0.1, 0.15) is 22.9 Å². The van der Waals surface area contributed by atoms with E-state index in [0.717, 1.165) is 11.3 Å². The number of benzene rings is 1. The van der Waals surface area contributed by atoms with Crippen LogP contribution in [0.15, 0.2) is 30.7 Å². The highest BCUT2D eigenvalue weighted by Crippen LogP contribution is 2.24. The summed E-state index contributed by atoms with van der Waals surface area (Å²) in [6.07, 6.45) is 3.07. The largest absolute Gasteiger partial charge is 0.496 e. The minimum absolute atomic E-state index is 0.0515. The molecule has 114 valence electrons. The van der Waals surface area contributed by atoms with Crippen LogP contribution in [0.25, 0.3) is 0 Å². The normalized spacial score (nSPS) is 16.2. The molecule has 1 aliphatic rings. The first-order valence-electron chi connectivity index (χ1n) is 6.82. The van der Waals surface area contributed by atoms with Gasteiger partial charge in [-0.2, -0.15) is 0 Å². The van der Waals surface area contributed by atoms with E-state index in [1.165, 1.54) is 19.5 Å². The predicted octanol–water partition coefficient (Wildman–Crippen LogP) is 1.08. The monoisotopic (exact) mass is 302 g/mol. The Hall–Kier alpha value is -2.54. The van der Waals surface area contributed by atoms with Crippen molar-refractivity contribution in [2.75, 3.05) is 7.11 Å². The number of nitrogens with zero attached hydrogens (tertiary/aromatic N) is 2. The van der Waals surface area contributed by atoms with Gasteiger partial charge < -0.3 is 10.1 Å². The number of halogens is 1. The van der Waals surface area contributed by atoms with Crippen molar-refractivity contribution in [3.8, 4) is 5.75 Å². The van der Waals surface area contributed by atoms with Gasteiger partial charge in [-0.25, -0.2) is 14.4 Å². The molecule has 0 fully saturated rings. The lowest BCUT2D eigenvalue weighted by Crippen LogP contribution is -2.34. The molecular weight excluding hydrogens is 287 g/mol. The second-order valence-electron chi connectivity index (χ2n) is 4.88. The fourth-order valence-corrected chi connectivity index (χ4v) is 2.48. The molecule has 0 saturated carbocycles. The molecule has 1 aromatic carbocycles. The third kappa shape index (κ3) is 2.62. The number of amides is 1. The first-order chi connectivity index (χ1) is 10.7. The van der Waals surface area contributed by atoms with E-state index < -0.39 is 11.9 Å². The zero-order chi connectivity index (χ0) is 15.5. The van der Waals surface area contributed by atoms with Crippen molar-refractivity contribution in [2.45, 2.75) is 19.1 Å². The molecule has 3 rings (SSSR count). The molecule has 6 nitrogen and oxygen atoms in total.